The summed E-state index contributed by atoms with van der Waals surface area (Å²) >= 11 is 0. The lowest BCUT2D eigenvalue weighted by Crippen LogP contribution is -2.28. The van der Waals surface area contributed by atoms with Crippen molar-refractivity contribution in [3.8, 4) is 0 Å². The Kier molecular flexibility index (Phi) is 6.51. The van der Waals surface area contributed by atoms with E-state index in [0.29, 0.717) is 0 Å². The number of hydrogen-bond donors (Lipinski definition) is 1. The third-order valence-corrected chi connectivity index (χ3v) is 1.46. The molecule has 0 radical (unpaired) electrons. The van der Waals surface area contributed by atoms with E-state index in [1.54, 1.807) is 14.0 Å². The maximum Gasteiger partial charge on any atom is 0.0638 e. The molecule has 1 atom stereocenters. The molecule has 0 fully saturated rings. The van der Waals surface area contributed by atoms with Gasteiger partial charge in [-0.1, -0.05) is 0 Å². The van der Waals surface area contributed by atoms with Crippen LogP contribution in [0.15, 0.2) is 0 Å². The number of rotatable bonds is 6. The van der Waals surface area contributed by atoms with Crippen LogP contribution in [-0.4, -0.2) is 50.0 Å². The molecule has 68 valence electrons. The molecule has 0 saturated carbocycles. The van der Waals surface area contributed by atoms with Crippen molar-refractivity contribution in [1.29, 1.82) is 0 Å². The van der Waals surface area contributed by atoms with Crippen LogP contribution < -0.4 is 0 Å². The summed E-state index contributed by atoms with van der Waals surface area (Å²) in [6.45, 7) is 4.32. The van der Waals surface area contributed by atoms with E-state index < -0.39 is 0 Å². The summed E-state index contributed by atoms with van der Waals surface area (Å²) < 4.78 is 4.91. The van der Waals surface area contributed by atoms with Gasteiger partial charge in [0, 0.05) is 26.8 Å². The van der Waals surface area contributed by atoms with E-state index in [0.717, 1.165) is 26.1 Å². The summed E-state index contributed by atoms with van der Waals surface area (Å²) in [5, 5.41) is 9.01. The van der Waals surface area contributed by atoms with Crippen molar-refractivity contribution in [2.24, 2.45) is 0 Å². The highest BCUT2D eigenvalue weighted by molar-refractivity contribution is 4.55. The summed E-state index contributed by atoms with van der Waals surface area (Å²) in [4.78, 5) is 2.10. The molecule has 0 aliphatic heterocycles. The predicted molar refractivity (Wildman–Crippen MR) is 45.7 cm³/mol. The molecule has 0 spiro atoms. The molecule has 0 aromatic carbocycles. The monoisotopic (exact) mass is 161 g/mol. The van der Waals surface area contributed by atoms with Gasteiger partial charge < -0.3 is 14.7 Å². The molecule has 3 heteroatoms. The lowest BCUT2D eigenvalue weighted by atomic mass is 10.3. The first-order chi connectivity index (χ1) is 5.16. The number of aliphatic hydroxyl groups excluding tert-OH is 1. The molecule has 1 N–H and O–H groups in total. The molecule has 0 amide bonds. The van der Waals surface area contributed by atoms with Crippen LogP contribution in [0.1, 0.15) is 13.3 Å². The van der Waals surface area contributed by atoms with Gasteiger partial charge in [0.15, 0.2) is 0 Å². The van der Waals surface area contributed by atoms with Crippen LogP contribution in [0.5, 0.6) is 0 Å². The average Bonchev–Trinajstić information content (AvgIpc) is 1.86. The van der Waals surface area contributed by atoms with Gasteiger partial charge in [0.05, 0.1) is 6.10 Å². The number of likely N-dealkylation sites (N-methyl/N-ethyl adjacent to an activating group) is 1. The zero-order chi connectivity index (χ0) is 8.69. The van der Waals surface area contributed by atoms with Crippen LogP contribution in [0.2, 0.25) is 0 Å². The van der Waals surface area contributed by atoms with Crippen molar-refractivity contribution in [2.45, 2.75) is 19.4 Å². The Morgan fingerprint density at radius 3 is 2.64 bits per heavy atom. The Bertz CT molecular complexity index is 86.2. The second-order valence-corrected chi connectivity index (χ2v) is 2.96. The molecule has 0 aliphatic carbocycles. The molecular formula is C8H19NO2. The van der Waals surface area contributed by atoms with Crippen LogP contribution in [0.4, 0.5) is 0 Å². The Balaban J connectivity index is 3.15. The predicted octanol–water partition coefficient (Wildman–Crippen LogP) is 0.336. The Hall–Kier alpha value is -0.120. The number of ether oxygens (including phenoxy) is 1. The molecule has 0 bridgehead atoms. The first-order valence-corrected chi connectivity index (χ1v) is 4.02. The van der Waals surface area contributed by atoms with Gasteiger partial charge >= 0.3 is 0 Å². The van der Waals surface area contributed by atoms with Crippen molar-refractivity contribution in [3.63, 3.8) is 0 Å². The largest absolute Gasteiger partial charge is 0.392 e. The van der Waals surface area contributed by atoms with Crippen molar-refractivity contribution in [1.82, 2.24) is 4.90 Å². The molecule has 3 nitrogen and oxygen atoms in total. The zero-order valence-corrected chi connectivity index (χ0v) is 7.71. The highest BCUT2D eigenvalue weighted by Gasteiger charge is 2.01. The van der Waals surface area contributed by atoms with Crippen LogP contribution in [0.3, 0.4) is 0 Å². The van der Waals surface area contributed by atoms with E-state index in [4.69, 9.17) is 9.84 Å². The first kappa shape index (κ1) is 10.9. The van der Waals surface area contributed by atoms with Crippen molar-refractivity contribution >= 4 is 0 Å². The van der Waals surface area contributed by atoms with Gasteiger partial charge in [-0.25, -0.2) is 0 Å². The van der Waals surface area contributed by atoms with Gasteiger partial charge in [0.1, 0.15) is 0 Å². The van der Waals surface area contributed by atoms with Crippen LogP contribution in [0.25, 0.3) is 0 Å². The highest BCUT2D eigenvalue weighted by atomic mass is 16.5. The van der Waals surface area contributed by atoms with Gasteiger partial charge in [0.25, 0.3) is 0 Å². The lowest BCUT2D eigenvalue weighted by Gasteiger charge is -2.17. The molecule has 11 heavy (non-hydrogen) atoms. The molecule has 0 aromatic heterocycles. The number of methoxy groups -OCH3 is 1. The van der Waals surface area contributed by atoms with E-state index in [-0.39, 0.29) is 6.10 Å². The van der Waals surface area contributed by atoms with Gasteiger partial charge in [-0.2, -0.15) is 0 Å². The fourth-order valence-electron chi connectivity index (χ4n) is 1.02. The SMILES string of the molecule is COCCCN(C)C[C@@H](C)O. The first-order valence-electron chi connectivity index (χ1n) is 4.02. The van der Waals surface area contributed by atoms with E-state index in [1.165, 1.54) is 0 Å². The van der Waals surface area contributed by atoms with Gasteiger partial charge in [0.2, 0.25) is 0 Å². The van der Waals surface area contributed by atoms with E-state index in [9.17, 15) is 0 Å². The second kappa shape index (κ2) is 6.58. The molecule has 0 aromatic rings. The minimum absolute atomic E-state index is 0.234. The Labute approximate surface area is 69.0 Å². The topological polar surface area (TPSA) is 32.7 Å². The fourth-order valence-corrected chi connectivity index (χ4v) is 1.02. The molecular weight excluding hydrogens is 142 g/mol. The van der Waals surface area contributed by atoms with Gasteiger partial charge in [-0.3, -0.25) is 0 Å². The highest BCUT2D eigenvalue weighted by Crippen LogP contribution is 1.90. The molecule has 0 saturated heterocycles. The third kappa shape index (κ3) is 7.78. The van der Waals surface area contributed by atoms with Crippen molar-refractivity contribution < 1.29 is 9.84 Å². The van der Waals surface area contributed by atoms with Crippen molar-refractivity contribution in [3.05, 3.63) is 0 Å². The molecule has 0 heterocycles. The lowest BCUT2D eigenvalue weighted by molar-refractivity contribution is 0.129. The third-order valence-electron chi connectivity index (χ3n) is 1.46. The minimum Gasteiger partial charge on any atom is -0.392 e. The average molecular weight is 161 g/mol. The Morgan fingerprint density at radius 2 is 2.18 bits per heavy atom. The number of aliphatic hydroxyl groups is 1. The van der Waals surface area contributed by atoms with Crippen molar-refractivity contribution in [2.75, 3.05) is 33.9 Å². The zero-order valence-electron chi connectivity index (χ0n) is 7.71. The molecule has 0 rings (SSSR count). The summed E-state index contributed by atoms with van der Waals surface area (Å²) in [6, 6.07) is 0. The summed E-state index contributed by atoms with van der Waals surface area (Å²) in [5.74, 6) is 0. The fraction of sp³-hybridized carbons (Fsp3) is 1.00. The maximum atomic E-state index is 9.01. The Morgan fingerprint density at radius 1 is 1.55 bits per heavy atom. The van der Waals surface area contributed by atoms with E-state index in [1.807, 2.05) is 7.05 Å². The van der Waals surface area contributed by atoms with E-state index >= 15 is 0 Å². The number of nitrogens with zero attached hydrogens (tertiary/aromatic N) is 1. The summed E-state index contributed by atoms with van der Waals surface area (Å²) in [5.41, 5.74) is 0. The standard InChI is InChI=1S/C8H19NO2/c1-8(10)7-9(2)5-4-6-11-3/h8,10H,4-7H2,1-3H3/t8-/m1/s1. The normalized spacial score (nSPS) is 13.9. The van der Waals surface area contributed by atoms with Gasteiger partial charge in [-0.05, 0) is 20.4 Å². The summed E-state index contributed by atoms with van der Waals surface area (Å²) in [6.07, 6.45) is 0.794. The smallest absolute Gasteiger partial charge is 0.0638 e. The minimum atomic E-state index is -0.234. The van der Waals surface area contributed by atoms with Crippen LogP contribution >= 0.6 is 0 Å². The van der Waals surface area contributed by atoms with Crippen LogP contribution in [0, 0.1) is 0 Å². The molecule has 0 unspecified atom stereocenters. The summed E-state index contributed by atoms with van der Waals surface area (Å²) in [7, 11) is 3.71. The maximum absolute atomic E-state index is 9.01. The quantitative estimate of drug-likeness (QED) is 0.570. The number of hydrogen-bond acceptors (Lipinski definition) is 3. The van der Waals surface area contributed by atoms with Crippen LogP contribution in [-0.2, 0) is 4.74 Å². The molecule has 0 aliphatic rings. The second-order valence-electron chi connectivity index (χ2n) is 2.96. The van der Waals surface area contributed by atoms with E-state index in [2.05, 4.69) is 4.90 Å². The van der Waals surface area contributed by atoms with Gasteiger partial charge in [-0.15, -0.1) is 0 Å².